The maximum atomic E-state index is 11.5. The molecule has 0 saturated carbocycles. The Hall–Kier alpha value is -3.24. The number of carboxylic acid groups (broad SMARTS) is 1. The molecule has 138 valence electrons. The highest BCUT2D eigenvalue weighted by Crippen LogP contribution is 2.37. The largest absolute Gasteiger partial charge is 0.481 e. The van der Waals surface area contributed by atoms with Crippen molar-refractivity contribution in [1.82, 2.24) is 9.97 Å². The predicted octanol–water partition coefficient (Wildman–Crippen LogP) is 5.55. The molecule has 3 aromatic carbocycles. The van der Waals surface area contributed by atoms with Gasteiger partial charge in [0, 0.05) is 23.0 Å². The van der Waals surface area contributed by atoms with Crippen LogP contribution in [0.3, 0.4) is 0 Å². The van der Waals surface area contributed by atoms with E-state index >= 15 is 0 Å². The quantitative estimate of drug-likeness (QED) is 0.497. The van der Waals surface area contributed by atoms with Gasteiger partial charge >= 0.3 is 5.97 Å². The lowest BCUT2D eigenvalue weighted by Gasteiger charge is -2.16. The molecular weight excluding hydrogens is 372 g/mol. The average molecular weight is 389 g/mol. The van der Waals surface area contributed by atoms with Crippen molar-refractivity contribution in [3.05, 3.63) is 83.4 Å². The monoisotopic (exact) mass is 388 g/mol. The lowest BCUT2D eigenvalue weighted by molar-refractivity contribution is -0.136. The molecular formula is C23H17ClN2O2. The van der Waals surface area contributed by atoms with Gasteiger partial charge in [-0.2, -0.15) is 0 Å². The van der Waals surface area contributed by atoms with Crippen LogP contribution in [0.5, 0.6) is 0 Å². The number of aromatic nitrogens is 2. The van der Waals surface area contributed by atoms with E-state index in [1.807, 2.05) is 49.4 Å². The fourth-order valence-corrected chi connectivity index (χ4v) is 3.67. The third-order valence-electron chi connectivity index (χ3n) is 4.83. The van der Waals surface area contributed by atoms with Crippen LogP contribution in [0, 0.1) is 6.92 Å². The van der Waals surface area contributed by atoms with Gasteiger partial charge in [0.2, 0.25) is 0 Å². The Morgan fingerprint density at radius 3 is 2.32 bits per heavy atom. The number of carboxylic acids is 1. The number of benzene rings is 3. The molecule has 4 rings (SSSR count). The summed E-state index contributed by atoms with van der Waals surface area (Å²) in [6.07, 6.45) is 5.03. The Labute approximate surface area is 167 Å². The van der Waals surface area contributed by atoms with Gasteiger partial charge in [-0.25, -0.2) is 9.97 Å². The molecule has 5 heteroatoms. The molecule has 0 amide bonds. The van der Waals surface area contributed by atoms with E-state index in [2.05, 4.69) is 16.0 Å². The topological polar surface area (TPSA) is 63.1 Å². The van der Waals surface area contributed by atoms with Gasteiger partial charge in [0.1, 0.15) is 6.33 Å². The van der Waals surface area contributed by atoms with Crippen LogP contribution >= 0.6 is 11.6 Å². The van der Waals surface area contributed by atoms with Crippen molar-refractivity contribution in [3.8, 4) is 22.3 Å². The summed E-state index contributed by atoms with van der Waals surface area (Å²) in [4.78, 5) is 19.7. The number of halogens is 1. The standard InChI is InChI=1S/C23H17ClN2O2/c1-14-8-17-9-16(18-11-25-13-26-12-18)4-7-20(17)23(21(14)10-22(27)28)15-2-5-19(24)6-3-15/h2-9,11-13H,10H2,1H3,(H,27,28). The van der Waals surface area contributed by atoms with Gasteiger partial charge in [-0.1, -0.05) is 41.9 Å². The lowest BCUT2D eigenvalue weighted by atomic mass is 9.87. The van der Waals surface area contributed by atoms with Crippen molar-refractivity contribution < 1.29 is 9.90 Å². The van der Waals surface area contributed by atoms with Gasteiger partial charge in [0.05, 0.1) is 6.42 Å². The van der Waals surface area contributed by atoms with Gasteiger partial charge < -0.3 is 5.11 Å². The maximum absolute atomic E-state index is 11.5. The highest BCUT2D eigenvalue weighted by Gasteiger charge is 2.16. The number of aliphatic carboxylic acids is 1. The molecule has 0 radical (unpaired) electrons. The van der Waals surface area contributed by atoms with Gasteiger partial charge in [0.25, 0.3) is 0 Å². The van der Waals surface area contributed by atoms with Crippen LogP contribution in [0.1, 0.15) is 11.1 Å². The fourth-order valence-electron chi connectivity index (χ4n) is 3.54. The summed E-state index contributed by atoms with van der Waals surface area (Å²) in [6.45, 7) is 1.95. The first-order chi connectivity index (χ1) is 13.5. The van der Waals surface area contributed by atoms with E-state index in [-0.39, 0.29) is 6.42 Å². The highest BCUT2D eigenvalue weighted by molar-refractivity contribution is 6.30. The van der Waals surface area contributed by atoms with Crippen LogP contribution in [-0.2, 0) is 11.2 Å². The number of aryl methyl sites for hydroxylation is 1. The van der Waals surface area contributed by atoms with Crippen molar-refractivity contribution >= 4 is 28.3 Å². The first-order valence-corrected chi connectivity index (χ1v) is 9.20. The van der Waals surface area contributed by atoms with Gasteiger partial charge in [-0.3, -0.25) is 4.79 Å². The number of hydrogen-bond donors (Lipinski definition) is 1. The second kappa shape index (κ2) is 7.41. The molecule has 1 N–H and O–H groups in total. The fraction of sp³-hybridized carbons (Fsp3) is 0.0870. The predicted molar refractivity (Wildman–Crippen MR) is 111 cm³/mol. The molecule has 0 unspecified atom stereocenters. The molecule has 0 spiro atoms. The van der Waals surface area contributed by atoms with Crippen LogP contribution in [0.25, 0.3) is 33.0 Å². The molecule has 0 saturated heterocycles. The van der Waals surface area contributed by atoms with Crippen molar-refractivity contribution in [2.45, 2.75) is 13.3 Å². The molecule has 0 aliphatic heterocycles. The Kier molecular flexibility index (Phi) is 4.80. The van der Waals surface area contributed by atoms with Gasteiger partial charge in [-0.05, 0) is 63.7 Å². The second-order valence-electron chi connectivity index (χ2n) is 6.69. The molecule has 4 aromatic rings. The van der Waals surface area contributed by atoms with Crippen LogP contribution in [-0.4, -0.2) is 21.0 Å². The molecule has 1 heterocycles. The highest BCUT2D eigenvalue weighted by atomic mass is 35.5. The number of carbonyl (C=O) groups is 1. The molecule has 0 aliphatic carbocycles. The zero-order valence-corrected chi connectivity index (χ0v) is 15.9. The average Bonchev–Trinajstić information content (AvgIpc) is 2.69. The minimum absolute atomic E-state index is 0.0337. The summed E-state index contributed by atoms with van der Waals surface area (Å²) < 4.78 is 0. The second-order valence-corrected chi connectivity index (χ2v) is 7.12. The van der Waals surface area contributed by atoms with Crippen molar-refractivity contribution in [3.63, 3.8) is 0 Å². The number of hydrogen-bond acceptors (Lipinski definition) is 3. The van der Waals surface area contributed by atoms with Crippen LogP contribution in [0.15, 0.2) is 67.3 Å². The minimum atomic E-state index is -0.851. The van der Waals surface area contributed by atoms with Gasteiger partial charge in [0.15, 0.2) is 0 Å². The summed E-state index contributed by atoms with van der Waals surface area (Å²) in [7, 11) is 0. The van der Waals surface area contributed by atoms with Crippen LogP contribution < -0.4 is 0 Å². The molecule has 0 bridgehead atoms. The summed E-state index contributed by atoms with van der Waals surface area (Å²) in [5.74, 6) is -0.851. The minimum Gasteiger partial charge on any atom is -0.481 e. The molecule has 28 heavy (non-hydrogen) atoms. The number of nitrogens with zero attached hydrogens (tertiary/aromatic N) is 2. The van der Waals surface area contributed by atoms with E-state index in [4.69, 9.17) is 11.6 Å². The van der Waals surface area contributed by atoms with Crippen molar-refractivity contribution in [2.75, 3.05) is 0 Å². The SMILES string of the molecule is Cc1cc2cc(-c3cncnc3)ccc2c(-c2ccc(Cl)cc2)c1CC(=O)O. The summed E-state index contributed by atoms with van der Waals surface area (Å²) in [5.41, 5.74) is 5.60. The Morgan fingerprint density at radius 1 is 0.964 bits per heavy atom. The lowest BCUT2D eigenvalue weighted by Crippen LogP contribution is -2.05. The smallest absolute Gasteiger partial charge is 0.307 e. The van der Waals surface area contributed by atoms with Crippen LogP contribution in [0.4, 0.5) is 0 Å². The number of rotatable bonds is 4. The summed E-state index contributed by atoms with van der Waals surface area (Å²) >= 11 is 6.06. The van der Waals surface area contributed by atoms with Crippen LogP contribution in [0.2, 0.25) is 5.02 Å². The van der Waals surface area contributed by atoms with E-state index in [0.717, 1.165) is 44.2 Å². The molecule has 0 atom stereocenters. The van der Waals surface area contributed by atoms with E-state index in [1.54, 1.807) is 12.4 Å². The Bertz CT molecular complexity index is 1170. The van der Waals surface area contributed by atoms with E-state index in [0.29, 0.717) is 5.02 Å². The Balaban J connectivity index is 1.99. The van der Waals surface area contributed by atoms with E-state index in [9.17, 15) is 9.90 Å². The van der Waals surface area contributed by atoms with E-state index < -0.39 is 5.97 Å². The summed E-state index contributed by atoms with van der Waals surface area (Å²) in [6, 6.07) is 15.7. The first-order valence-electron chi connectivity index (χ1n) is 8.82. The van der Waals surface area contributed by atoms with E-state index in [1.165, 1.54) is 6.33 Å². The summed E-state index contributed by atoms with van der Waals surface area (Å²) in [5, 5.41) is 12.1. The molecule has 0 aliphatic rings. The van der Waals surface area contributed by atoms with Gasteiger partial charge in [-0.15, -0.1) is 0 Å². The first kappa shape index (κ1) is 18.1. The van der Waals surface area contributed by atoms with Crippen molar-refractivity contribution in [1.29, 1.82) is 0 Å². The third kappa shape index (κ3) is 3.47. The molecule has 4 nitrogen and oxygen atoms in total. The third-order valence-corrected chi connectivity index (χ3v) is 5.08. The Morgan fingerprint density at radius 2 is 1.64 bits per heavy atom. The normalized spacial score (nSPS) is 10.9. The molecule has 1 aromatic heterocycles. The van der Waals surface area contributed by atoms with Crippen molar-refractivity contribution in [2.24, 2.45) is 0 Å². The maximum Gasteiger partial charge on any atom is 0.307 e. The zero-order chi connectivity index (χ0) is 19.7. The zero-order valence-electron chi connectivity index (χ0n) is 15.2. The number of fused-ring (bicyclic) bond motifs is 1. The molecule has 0 fully saturated rings.